The minimum atomic E-state index is -0.933. The number of carbonyl (C=O) groups is 3. The number of hydrogen-bond acceptors (Lipinski definition) is 14. The van der Waals surface area contributed by atoms with Gasteiger partial charge in [-0.2, -0.15) is 0 Å². The van der Waals surface area contributed by atoms with E-state index in [-0.39, 0.29) is 58.8 Å². The average Bonchev–Trinajstić information content (AvgIpc) is 3.48. The van der Waals surface area contributed by atoms with Crippen LogP contribution in [0.25, 0.3) is 0 Å². The van der Waals surface area contributed by atoms with Crippen molar-refractivity contribution < 1.29 is 53.2 Å². The second-order valence-electron chi connectivity index (χ2n) is 9.33. The van der Waals surface area contributed by atoms with Crippen LogP contribution in [0.3, 0.4) is 0 Å². The van der Waals surface area contributed by atoms with E-state index in [1.54, 1.807) is 6.92 Å². The van der Waals surface area contributed by atoms with Crippen LogP contribution in [0.4, 0.5) is 0 Å². The highest BCUT2D eigenvalue weighted by Gasteiger charge is 2.38. The summed E-state index contributed by atoms with van der Waals surface area (Å²) in [6.45, 7) is 1.17. The van der Waals surface area contributed by atoms with E-state index < -0.39 is 40.2 Å². The molecule has 1 N–H and O–H groups in total. The van der Waals surface area contributed by atoms with Crippen molar-refractivity contribution in [2.45, 2.75) is 50.7 Å². The van der Waals surface area contributed by atoms with Gasteiger partial charge in [-0.1, -0.05) is 30.3 Å². The summed E-state index contributed by atoms with van der Waals surface area (Å²) in [4.78, 5) is 68.9. The maximum Gasteiger partial charge on any atom is 0.328 e. The van der Waals surface area contributed by atoms with Gasteiger partial charge in [0.1, 0.15) is 38.5 Å². The van der Waals surface area contributed by atoms with Crippen LogP contribution in [0.1, 0.15) is 31.7 Å². The standard InChI is InChI=1S/C26H38N4O13/c1-20(24(31)28-11-5-8-23(28)26(33)41-17-13-39-15-19-43-30(36)37)27-22(10-9-21-6-3-2-4-7-21)25(32)40-16-12-38-14-18-42-29(34)35/h2-4,6-7,20,22-23,27H,5,8-19H2,1H3. The highest BCUT2D eigenvalue weighted by atomic mass is 17.0. The van der Waals surface area contributed by atoms with Gasteiger partial charge in [0.05, 0.1) is 32.5 Å². The molecule has 2 rings (SSSR count). The molecule has 0 bridgehead atoms. The summed E-state index contributed by atoms with van der Waals surface area (Å²) in [7, 11) is 0. The molecule has 17 heteroatoms. The van der Waals surface area contributed by atoms with Gasteiger partial charge in [0, 0.05) is 6.54 Å². The summed E-state index contributed by atoms with van der Waals surface area (Å²) in [5.41, 5.74) is 0.992. The normalized spacial score (nSPS) is 15.7. The molecule has 1 aromatic rings. The fourth-order valence-corrected chi connectivity index (χ4v) is 4.27. The summed E-state index contributed by atoms with van der Waals surface area (Å²) in [5.74, 6) is -1.56. The number of ether oxygens (including phenoxy) is 4. The molecule has 1 saturated heterocycles. The quantitative estimate of drug-likeness (QED) is 0.0816. The fraction of sp³-hybridized carbons (Fsp3) is 0.654. The highest BCUT2D eigenvalue weighted by Crippen LogP contribution is 2.20. The number of benzene rings is 1. The molecular formula is C26H38N4O13. The van der Waals surface area contributed by atoms with E-state index in [4.69, 9.17) is 18.9 Å². The SMILES string of the molecule is CC(NC(CCc1ccccc1)C(=O)OCCOCCO[N+](=O)[O-])C(=O)N1CCCC1C(=O)OCCOCCO[N+](=O)[O-]. The van der Waals surface area contributed by atoms with Crippen molar-refractivity contribution in [1.29, 1.82) is 0 Å². The molecule has 1 aliphatic heterocycles. The van der Waals surface area contributed by atoms with Crippen LogP contribution in [0, 0.1) is 20.2 Å². The molecule has 1 aromatic carbocycles. The number of aryl methyl sites for hydroxylation is 1. The van der Waals surface area contributed by atoms with Gasteiger partial charge in [-0.3, -0.25) is 14.9 Å². The summed E-state index contributed by atoms with van der Waals surface area (Å²) in [6, 6.07) is 7.01. The Hall–Kier alpha value is -4.09. The lowest BCUT2D eigenvalue weighted by Crippen LogP contribution is -2.53. The van der Waals surface area contributed by atoms with Crippen molar-refractivity contribution in [2.24, 2.45) is 0 Å². The van der Waals surface area contributed by atoms with Crippen molar-refractivity contribution in [1.82, 2.24) is 10.2 Å². The molecule has 3 atom stereocenters. The van der Waals surface area contributed by atoms with Crippen LogP contribution in [0.5, 0.6) is 0 Å². The maximum atomic E-state index is 13.3. The predicted molar refractivity (Wildman–Crippen MR) is 145 cm³/mol. The van der Waals surface area contributed by atoms with Crippen molar-refractivity contribution in [3.63, 3.8) is 0 Å². The Balaban J connectivity index is 1.87. The zero-order valence-electron chi connectivity index (χ0n) is 24.0. The number of nitrogens with one attached hydrogen (secondary N) is 1. The highest BCUT2D eigenvalue weighted by molar-refractivity contribution is 5.88. The van der Waals surface area contributed by atoms with Crippen molar-refractivity contribution >= 4 is 17.8 Å². The van der Waals surface area contributed by atoms with Crippen LogP contribution in [-0.4, -0.2) is 110 Å². The van der Waals surface area contributed by atoms with E-state index in [0.717, 1.165) is 5.56 Å². The van der Waals surface area contributed by atoms with Crippen LogP contribution in [-0.2, 0) is 49.4 Å². The molecule has 0 radical (unpaired) electrons. The van der Waals surface area contributed by atoms with E-state index in [1.807, 2.05) is 30.3 Å². The minimum Gasteiger partial charge on any atom is -0.462 e. The number of likely N-dealkylation sites (tertiary alicyclic amines) is 1. The summed E-state index contributed by atoms with van der Waals surface area (Å²) in [6.07, 6.45) is 1.87. The lowest BCUT2D eigenvalue weighted by atomic mass is 10.0. The van der Waals surface area contributed by atoms with E-state index in [0.29, 0.717) is 32.2 Å². The monoisotopic (exact) mass is 614 g/mol. The Labute approximate surface area is 247 Å². The Morgan fingerprint density at radius 1 is 0.907 bits per heavy atom. The predicted octanol–water partition coefficient (Wildman–Crippen LogP) is 0.493. The average molecular weight is 615 g/mol. The molecule has 1 amide bonds. The van der Waals surface area contributed by atoms with Crippen LogP contribution in [0.15, 0.2) is 30.3 Å². The van der Waals surface area contributed by atoms with Crippen LogP contribution < -0.4 is 5.32 Å². The van der Waals surface area contributed by atoms with Crippen molar-refractivity contribution in [3.05, 3.63) is 56.1 Å². The molecule has 240 valence electrons. The summed E-state index contributed by atoms with van der Waals surface area (Å²) < 4.78 is 20.8. The first-order valence-corrected chi connectivity index (χ1v) is 13.8. The second-order valence-corrected chi connectivity index (χ2v) is 9.33. The zero-order chi connectivity index (χ0) is 31.5. The topological polar surface area (TPSA) is 208 Å². The molecule has 0 saturated carbocycles. The van der Waals surface area contributed by atoms with Gasteiger partial charge < -0.3 is 33.5 Å². The maximum absolute atomic E-state index is 13.3. The molecular weight excluding hydrogens is 576 g/mol. The Bertz CT molecular complexity index is 1030. The second kappa shape index (κ2) is 19.9. The van der Waals surface area contributed by atoms with Gasteiger partial charge in [-0.25, -0.2) is 4.79 Å². The Morgan fingerprint density at radius 2 is 1.49 bits per heavy atom. The molecule has 1 heterocycles. The van der Waals surface area contributed by atoms with Gasteiger partial charge in [-0.05, 0) is 38.2 Å². The van der Waals surface area contributed by atoms with Crippen LogP contribution >= 0.6 is 0 Å². The van der Waals surface area contributed by atoms with E-state index in [9.17, 15) is 34.6 Å². The van der Waals surface area contributed by atoms with Crippen molar-refractivity contribution in [3.8, 4) is 0 Å². The third-order valence-electron chi connectivity index (χ3n) is 6.27. The minimum absolute atomic E-state index is 0.00196. The summed E-state index contributed by atoms with van der Waals surface area (Å²) >= 11 is 0. The van der Waals surface area contributed by atoms with Gasteiger partial charge in [0.2, 0.25) is 5.91 Å². The van der Waals surface area contributed by atoms with E-state index in [2.05, 4.69) is 15.0 Å². The zero-order valence-corrected chi connectivity index (χ0v) is 24.0. The Morgan fingerprint density at radius 3 is 2.09 bits per heavy atom. The van der Waals surface area contributed by atoms with Gasteiger partial charge >= 0.3 is 11.9 Å². The van der Waals surface area contributed by atoms with Crippen molar-refractivity contribution in [2.75, 3.05) is 59.4 Å². The molecule has 1 fully saturated rings. The molecule has 17 nitrogen and oxygen atoms in total. The number of rotatable bonds is 22. The third kappa shape index (κ3) is 14.1. The smallest absolute Gasteiger partial charge is 0.328 e. The van der Waals surface area contributed by atoms with E-state index >= 15 is 0 Å². The third-order valence-corrected chi connectivity index (χ3v) is 6.27. The first-order valence-electron chi connectivity index (χ1n) is 13.8. The molecule has 1 aliphatic rings. The number of esters is 2. The first kappa shape index (κ1) is 35.1. The molecule has 0 aromatic heterocycles. The number of amides is 1. The van der Waals surface area contributed by atoms with Gasteiger partial charge in [0.15, 0.2) is 0 Å². The Kier molecular flexibility index (Phi) is 16.3. The van der Waals surface area contributed by atoms with Gasteiger partial charge in [-0.15, -0.1) is 20.2 Å². The lowest BCUT2D eigenvalue weighted by molar-refractivity contribution is -0.758. The number of nitrogens with zero attached hydrogens (tertiary/aromatic N) is 3. The molecule has 3 unspecified atom stereocenters. The molecule has 0 spiro atoms. The van der Waals surface area contributed by atoms with Crippen LogP contribution in [0.2, 0.25) is 0 Å². The number of hydrogen-bond donors (Lipinski definition) is 1. The van der Waals surface area contributed by atoms with E-state index in [1.165, 1.54) is 4.90 Å². The molecule has 43 heavy (non-hydrogen) atoms. The number of carbonyl (C=O) groups excluding carboxylic acids is 3. The first-order chi connectivity index (χ1) is 20.7. The fourth-order valence-electron chi connectivity index (χ4n) is 4.27. The molecule has 0 aliphatic carbocycles. The lowest BCUT2D eigenvalue weighted by Gasteiger charge is -2.28. The summed E-state index contributed by atoms with van der Waals surface area (Å²) in [5, 5.41) is 21.5. The largest absolute Gasteiger partial charge is 0.462 e. The van der Waals surface area contributed by atoms with Gasteiger partial charge in [0.25, 0.3) is 10.2 Å².